The van der Waals surface area contributed by atoms with E-state index in [0.29, 0.717) is 37.7 Å². The molecule has 0 fully saturated rings. The van der Waals surface area contributed by atoms with Crippen LogP contribution in [0, 0.1) is 0 Å². The second kappa shape index (κ2) is 11.0. The van der Waals surface area contributed by atoms with Crippen LogP contribution in [0.15, 0.2) is 30.9 Å². The van der Waals surface area contributed by atoms with Gasteiger partial charge < -0.3 is 19.9 Å². The largest absolute Gasteiger partial charge is 0.490 e. The standard InChI is InChI=1S/C17H25NO4S/c1-4-9-22-15-7-6-13(11-16(15)21-5-2)12-18-14(17(19)20)8-10-23-3/h4,6-7,11,14,18H,1,5,8-10,12H2,2-3H3,(H,19,20). The van der Waals surface area contributed by atoms with Gasteiger partial charge in [-0.3, -0.25) is 4.79 Å². The van der Waals surface area contributed by atoms with Gasteiger partial charge in [0.05, 0.1) is 6.61 Å². The van der Waals surface area contributed by atoms with E-state index in [0.717, 1.165) is 11.3 Å². The van der Waals surface area contributed by atoms with Crippen LogP contribution in [0.4, 0.5) is 0 Å². The summed E-state index contributed by atoms with van der Waals surface area (Å²) >= 11 is 1.64. The maximum absolute atomic E-state index is 11.2. The molecular formula is C17H25NO4S. The van der Waals surface area contributed by atoms with Crippen molar-refractivity contribution < 1.29 is 19.4 Å². The van der Waals surface area contributed by atoms with E-state index in [9.17, 15) is 9.90 Å². The normalized spacial score (nSPS) is 11.7. The molecule has 1 unspecified atom stereocenters. The van der Waals surface area contributed by atoms with Gasteiger partial charge in [0.25, 0.3) is 0 Å². The third-order valence-corrected chi connectivity index (χ3v) is 3.77. The molecule has 0 radical (unpaired) electrons. The van der Waals surface area contributed by atoms with Gasteiger partial charge in [0.2, 0.25) is 0 Å². The summed E-state index contributed by atoms with van der Waals surface area (Å²) in [5, 5.41) is 12.3. The van der Waals surface area contributed by atoms with Crippen molar-refractivity contribution in [3.05, 3.63) is 36.4 Å². The van der Waals surface area contributed by atoms with Crippen LogP contribution in [-0.2, 0) is 11.3 Å². The molecule has 0 spiro atoms. The topological polar surface area (TPSA) is 67.8 Å². The lowest BCUT2D eigenvalue weighted by Gasteiger charge is -2.16. The summed E-state index contributed by atoms with van der Waals surface area (Å²) in [6.45, 7) is 6.94. The number of nitrogens with one attached hydrogen (secondary N) is 1. The highest BCUT2D eigenvalue weighted by molar-refractivity contribution is 7.98. The fraction of sp³-hybridized carbons (Fsp3) is 0.471. The Morgan fingerprint density at radius 2 is 2.22 bits per heavy atom. The molecule has 0 aromatic heterocycles. The molecule has 0 aliphatic rings. The summed E-state index contributed by atoms with van der Waals surface area (Å²) in [5.74, 6) is 1.30. The fourth-order valence-electron chi connectivity index (χ4n) is 1.99. The highest BCUT2D eigenvalue weighted by Gasteiger charge is 2.16. The average molecular weight is 339 g/mol. The number of carboxylic acid groups (broad SMARTS) is 1. The Balaban J connectivity index is 2.73. The first-order chi connectivity index (χ1) is 11.1. The van der Waals surface area contributed by atoms with Gasteiger partial charge in [0.15, 0.2) is 11.5 Å². The number of rotatable bonds is 12. The third-order valence-electron chi connectivity index (χ3n) is 3.13. The number of carboxylic acids is 1. The van der Waals surface area contributed by atoms with Crippen molar-refractivity contribution in [1.29, 1.82) is 0 Å². The summed E-state index contributed by atoms with van der Waals surface area (Å²) in [5.41, 5.74) is 0.954. The number of ether oxygens (including phenoxy) is 2. The summed E-state index contributed by atoms with van der Waals surface area (Å²) < 4.78 is 11.1. The van der Waals surface area contributed by atoms with E-state index in [1.165, 1.54) is 0 Å². The van der Waals surface area contributed by atoms with E-state index < -0.39 is 12.0 Å². The Bertz CT molecular complexity index is 507. The van der Waals surface area contributed by atoms with Gasteiger partial charge in [-0.2, -0.15) is 11.8 Å². The number of benzene rings is 1. The highest BCUT2D eigenvalue weighted by Crippen LogP contribution is 2.28. The molecule has 1 aromatic rings. The van der Waals surface area contributed by atoms with Gasteiger partial charge in [0.1, 0.15) is 12.6 Å². The predicted octanol–water partition coefficient (Wildman–Crippen LogP) is 2.95. The quantitative estimate of drug-likeness (QED) is 0.571. The molecule has 1 atom stereocenters. The Morgan fingerprint density at radius 3 is 2.83 bits per heavy atom. The highest BCUT2D eigenvalue weighted by atomic mass is 32.2. The van der Waals surface area contributed by atoms with Crippen LogP contribution in [0.25, 0.3) is 0 Å². The van der Waals surface area contributed by atoms with E-state index in [1.54, 1.807) is 17.8 Å². The first kappa shape index (κ1) is 19.4. The van der Waals surface area contributed by atoms with E-state index in [4.69, 9.17) is 9.47 Å². The van der Waals surface area contributed by atoms with Crippen molar-refractivity contribution in [2.75, 3.05) is 25.2 Å². The maximum Gasteiger partial charge on any atom is 0.320 e. The molecule has 5 nitrogen and oxygen atoms in total. The SMILES string of the molecule is C=CCOc1ccc(CNC(CCSC)C(=O)O)cc1OCC. The van der Waals surface area contributed by atoms with E-state index in [-0.39, 0.29) is 0 Å². The van der Waals surface area contributed by atoms with Crippen LogP contribution < -0.4 is 14.8 Å². The lowest BCUT2D eigenvalue weighted by atomic mass is 10.1. The van der Waals surface area contributed by atoms with Crippen LogP contribution in [0.1, 0.15) is 18.9 Å². The van der Waals surface area contributed by atoms with Crippen LogP contribution in [-0.4, -0.2) is 42.3 Å². The molecule has 0 aliphatic heterocycles. The van der Waals surface area contributed by atoms with Crippen LogP contribution in [0.3, 0.4) is 0 Å². The zero-order chi connectivity index (χ0) is 17.1. The second-order valence-electron chi connectivity index (χ2n) is 4.87. The van der Waals surface area contributed by atoms with Crippen molar-refractivity contribution in [2.24, 2.45) is 0 Å². The molecule has 0 bridgehead atoms. The van der Waals surface area contributed by atoms with Crippen molar-refractivity contribution in [1.82, 2.24) is 5.32 Å². The van der Waals surface area contributed by atoms with E-state index in [2.05, 4.69) is 11.9 Å². The van der Waals surface area contributed by atoms with Crippen molar-refractivity contribution in [2.45, 2.75) is 25.9 Å². The molecule has 0 amide bonds. The Kier molecular flexibility index (Phi) is 9.24. The molecule has 1 aromatic carbocycles. The average Bonchev–Trinajstić information content (AvgIpc) is 2.54. The van der Waals surface area contributed by atoms with Crippen LogP contribution in [0.2, 0.25) is 0 Å². The number of hydrogen-bond acceptors (Lipinski definition) is 5. The fourth-order valence-corrected chi connectivity index (χ4v) is 2.46. The van der Waals surface area contributed by atoms with Gasteiger partial charge >= 0.3 is 5.97 Å². The molecule has 128 valence electrons. The van der Waals surface area contributed by atoms with Crippen molar-refractivity contribution >= 4 is 17.7 Å². The lowest BCUT2D eigenvalue weighted by molar-refractivity contribution is -0.139. The van der Waals surface area contributed by atoms with E-state index in [1.807, 2.05) is 31.4 Å². The molecule has 0 saturated heterocycles. The summed E-state index contributed by atoms with van der Waals surface area (Å²) in [6, 6.07) is 5.07. The minimum atomic E-state index is -0.824. The zero-order valence-corrected chi connectivity index (χ0v) is 14.5. The lowest BCUT2D eigenvalue weighted by Crippen LogP contribution is -2.36. The van der Waals surface area contributed by atoms with Gasteiger partial charge in [-0.25, -0.2) is 0 Å². The number of aliphatic carboxylic acids is 1. The minimum absolute atomic E-state index is 0.410. The first-order valence-corrected chi connectivity index (χ1v) is 8.96. The monoisotopic (exact) mass is 339 g/mol. The third kappa shape index (κ3) is 6.97. The van der Waals surface area contributed by atoms with Crippen molar-refractivity contribution in [3.63, 3.8) is 0 Å². The summed E-state index contributed by atoms with van der Waals surface area (Å²) in [4.78, 5) is 11.2. The van der Waals surface area contributed by atoms with E-state index >= 15 is 0 Å². The smallest absolute Gasteiger partial charge is 0.320 e. The Labute approximate surface area is 142 Å². The molecule has 0 aliphatic carbocycles. The van der Waals surface area contributed by atoms with Crippen LogP contribution >= 0.6 is 11.8 Å². The molecular weight excluding hydrogens is 314 g/mol. The van der Waals surface area contributed by atoms with Gasteiger partial charge in [-0.1, -0.05) is 18.7 Å². The predicted molar refractivity (Wildman–Crippen MR) is 94.6 cm³/mol. The number of hydrogen-bond donors (Lipinski definition) is 2. The summed E-state index contributed by atoms with van der Waals surface area (Å²) in [6.07, 6.45) is 4.24. The Hall–Kier alpha value is -1.66. The molecule has 2 N–H and O–H groups in total. The van der Waals surface area contributed by atoms with Gasteiger partial charge in [-0.05, 0) is 43.0 Å². The molecule has 1 rings (SSSR count). The minimum Gasteiger partial charge on any atom is -0.490 e. The van der Waals surface area contributed by atoms with Gasteiger partial charge in [0, 0.05) is 6.54 Å². The van der Waals surface area contributed by atoms with Crippen LogP contribution in [0.5, 0.6) is 11.5 Å². The first-order valence-electron chi connectivity index (χ1n) is 7.56. The Morgan fingerprint density at radius 1 is 1.43 bits per heavy atom. The maximum atomic E-state index is 11.2. The zero-order valence-electron chi connectivity index (χ0n) is 13.7. The number of thioether (sulfide) groups is 1. The van der Waals surface area contributed by atoms with Crippen molar-refractivity contribution in [3.8, 4) is 11.5 Å². The van der Waals surface area contributed by atoms with Gasteiger partial charge in [-0.15, -0.1) is 0 Å². The molecule has 0 heterocycles. The second-order valence-corrected chi connectivity index (χ2v) is 5.85. The molecule has 23 heavy (non-hydrogen) atoms. The number of carbonyl (C=O) groups is 1. The summed E-state index contributed by atoms with van der Waals surface area (Å²) in [7, 11) is 0. The molecule has 0 saturated carbocycles. The molecule has 6 heteroatoms.